The molecule has 5 aromatic heterocycles. The fraction of sp³-hybridized carbons (Fsp3) is 0. The number of fused-ring (bicyclic) bond motifs is 5. The molecule has 6 nitrogen and oxygen atoms in total. The highest BCUT2D eigenvalue weighted by Gasteiger charge is 2.20. The summed E-state index contributed by atoms with van der Waals surface area (Å²) in [6.07, 6.45) is 7.27. The number of oxazole rings is 1. The van der Waals surface area contributed by atoms with Crippen molar-refractivity contribution >= 4 is 32.9 Å². The maximum absolute atomic E-state index is 6.45. The van der Waals surface area contributed by atoms with Crippen molar-refractivity contribution in [2.75, 3.05) is 0 Å². The summed E-state index contributed by atoms with van der Waals surface area (Å²) < 4.78 is 8.65. The Balaban J connectivity index is 1.43. The average Bonchev–Trinajstić information content (AvgIpc) is 3.62. The second-order valence-corrected chi connectivity index (χ2v) is 9.63. The lowest BCUT2D eigenvalue weighted by molar-refractivity contribution is 0.623. The van der Waals surface area contributed by atoms with Crippen molar-refractivity contribution in [2.45, 2.75) is 0 Å². The lowest BCUT2D eigenvalue weighted by atomic mass is 10.1. The first-order valence-corrected chi connectivity index (χ1v) is 13.0. The largest absolute Gasteiger partial charge is 0.435 e. The van der Waals surface area contributed by atoms with Crippen molar-refractivity contribution in [3.63, 3.8) is 0 Å². The van der Waals surface area contributed by atoms with Gasteiger partial charge in [-0.3, -0.25) is 14.5 Å². The van der Waals surface area contributed by atoms with Crippen LogP contribution in [0.3, 0.4) is 0 Å². The van der Waals surface area contributed by atoms with Crippen molar-refractivity contribution < 1.29 is 4.42 Å². The molecule has 0 fully saturated rings. The summed E-state index contributed by atoms with van der Waals surface area (Å²) in [5.41, 5.74) is 8.39. The molecule has 5 heterocycles. The number of nitrogens with zero attached hydrogens (tertiary/aromatic N) is 5. The third-order valence-corrected chi connectivity index (χ3v) is 7.20. The van der Waals surface area contributed by atoms with Gasteiger partial charge in [0, 0.05) is 46.9 Å². The van der Waals surface area contributed by atoms with E-state index in [9.17, 15) is 0 Å². The molecule has 0 spiro atoms. The Kier molecular flexibility index (Phi) is 5.03. The lowest BCUT2D eigenvalue weighted by Gasteiger charge is -2.12. The molecular weight excluding hydrogens is 494 g/mol. The molecule has 0 N–H and O–H groups in total. The highest BCUT2D eigenvalue weighted by Crippen LogP contribution is 2.39. The molecular formula is C34H21N5O. The standard InChI is InChI=1S/C34H21N5O/c1-2-8-22(9-3-1)34-38-27-14-15-30-32(33(27)40-34)26-12-4-5-13-29(26)39(30)31-19-25(23-10-6-16-35-20-23)18-28(37-31)24-11-7-17-36-21-24/h1-21H. The van der Waals surface area contributed by atoms with Gasteiger partial charge in [-0.05, 0) is 66.2 Å². The van der Waals surface area contributed by atoms with Crippen LogP contribution in [0.2, 0.25) is 0 Å². The molecule has 0 saturated heterocycles. The van der Waals surface area contributed by atoms with Gasteiger partial charge < -0.3 is 4.42 Å². The summed E-state index contributed by atoms with van der Waals surface area (Å²) in [4.78, 5) is 18.7. The van der Waals surface area contributed by atoms with Crippen LogP contribution in [0, 0.1) is 0 Å². The van der Waals surface area contributed by atoms with Gasteiger partial charge in [-0.25, -0.2) is 9.97 Å². The molecule has 0 aliphatic rings. The summed E-state index contributed by atoms with van der Waals surface area (Å²) in [6.45, 7) is 0. The van der Waals surface area contributed by atoms with E-state index in [0.717, 1.165) is 66.7 Å². The van der Waals surface area contributed by atoms with Crippen molar-refractivity contribution in [2.24, 2.45) is 0 Å². The molecule has 8 rings (SSSR count). The van der Waals surface area contributed by atoms with Crippen molar-refractivity contribution in [3.8, 4) is 39.7 Å². The van der Waals surface area contributed by atoms with E-state index in [1.165, 1.54) is 0 Å². The monoisotopic (exact) mass is 515 g/mol. The minimum absolute atomic E-state index is 0.607. The SMILES string of the molecule is c1ccc(-c2nc3ccc4c(c5ccccc5n4-c4cc(-c5cccnc5)cc(-c5cccnc5)n4)c3o2)cc1. The topological polar surface area (TPSA) is 69.6 Å². The van der Waals surface area contributed by atoms with Gasteiger partial charge in [0.1, 0.15) is 11.3 Å². The maximum Gasteiger partial charge on any atom is 0.227 e. The van der Waals surface area contributed by atoms with Crippen LogP contribution in [0.5, 0.6) is 0 Å². The van der Waals surface area contributed by atoms with E-state index >= 15 is 0 Å². The fourth-order valence-corrected chi connectivity index (χ4v) is 5.38. The van der Waals surface area contributed by atoms with Gasteiger partial charge in [0.15, 0.2) is 5.58 Å². The molecule has 0 amide bonds. The second-order valence-electron chi connectivity index (χ2n) is 9.63. The van der Waals surface area contributed by atoms with Crippen molar-refractivity contribution in [3.05, 3.63) is 128 Å². The van der Waals surface area contributed by atoms with Gasteiger partial charge in [-0.2, -0.15) is 0 Å². The zero-order chi connectivity index (χ0) is 26.5. The predicted octanol–water partition coefficient (Wildman–Crippen LogP) is 8.11. The number of benzene rings is 3. The Hall–Kier alpha value is -5.62. The minimum atomic E-state index is 0.607. The van der Waals surface area contributed by atoms with E-state index < -0.39 is 0 Å². The number of rotatable bonds is 4. The van der Waals surface area contributed by atoms with Crippen LogP contribution in [0.1, 0.15) is 0 Å². The van der Waals surface area contributed by atoms with Gasteiger partial charge in [-0.15, -0.1) is 0 Å². The zero-order valence-corrected chi connectivity index (χ0v) is 21.3. The van der Waals surface area contributed by atoms with Gasteiger partial charge in [0.05, 0.1) is 22.1 Å². The third-order valence-electron chi connectivity index (χ3n) is 7.20. The van der Waals surface area contributed by atoms with Gasteiger partial charge in [0.25, 0.3) is 0 Å². The molecule has 8 aromatic rings. The Morgan fingerprint density at radius 3 is 2.12 bits per heavy atom. The lowest BCUT2D eigenvalue weighted by Crippen LogP contribution is -2.00. The molecule has 40 heavy (non-hydrogen) atoms. The summed E-state index contributed by atoms with van der Waals surface area (Å²) in [5, 5.41) is 2.09. The predicted molar refractivity (Wildman–Crippen MR) is 158 cm³/mol. The smallest absolute Gasteiger partial charge is 0.227 e. The summed E-state index contributed by atoms with van der Waals surface area (Å²) in [7, 11) is 0. The Bertz CT molecular complexity index is 2090. The maximum atomic E-state index is 6.45. The molecule has 0 bridgehead atoms. The average molecular weight is 516 g/mol. The molecule has 0 aliphatic heterocycles. The molecule has 0 atom stereocenters. The van der Waals surface area contributed by atoms with Crippen LogP contribution in [-0.2, 0) is 0 Å². The van der Waals surface area contributed by atoms with E-state index in [1.54, 1.807) is 12.4 Å². The molecule has 0 radical (unpaired) electrons. The molecule has 0 unspecified atom stereocenters. The van der Waals surface area contributed by atoms with Crippen LogP contribution < -0.4 is 0 Å². The van der Waals surface area contributed by atoms with Crippen LogP contribution in [0.4, 0.5) is 0 Å². The highest BCUT2D eigenvalue weighted by atomic mass is 16.3. The molecule has 0 saturated carbocycles. The van der Waals surface area contributed by atoms with Crippen LogP contribution in [-0.4, -0.2) is 24.5 Å². The van der Waals surface area contributed by atoms with Crippen molar-refractivity contribution in [1.82, 2.24) is 24.5 Å². The summed E-state index contributed by atoms with van der Waals surface area (Å²) >= 11 is 0. The normalized spacial score (nSPS) is 11.5. The van der Waals surface area contributed by atoms with Gasteiger partial charge in [-0.1, -0.05) is 42.5 Å². The van der Waals surface area contributed by atoms with E-state index in [2.05, 4.69) is 63.1 Å². The molecule has 3 aromatic carbocycles. The number of hydrogen-bond donors (Lipinski definition) is 0. The van der Waals surface area contributed by atoms with Gasteiger partial charge in [0.2, 0.25) is 5.89 Å². The van der Waals surface area contributed by atoms with Gasteiger partial charge >= 0.3 is 0 Å². The first-order chi connectivity index (χ1) is 19.8. The van der Waals surface area contributed by atoms with Crippen molar-refractivity contribution in [1.29, 1.82) is 0 Å². The van der Waals surface area contributed by atoms with Crippen LogP contribution in [0.25, 0.3) is 72.6 Å². The van der Waals surface area contributed by atoms with E-state index in [-0.39, 0.29) is 0 Å². The number of para-hydroxylation sites is 1. The number of hydrogen-bond acceptors (Lipinski definition) is 5. The zero-order valence-electron chi connectivity index (χ0n) is 21.3. The quantitative estimate of drug-likeness (QED) is 0.237. The summed E-state index contributed by atoms with van der Waals surface area (Å²) in [5.74, 6) is 1.41. The minimum Gasteiger partial charge on any atom is -0.435 e. The Morgan fingerprint density at radius 1 is 0.575 bits per heavy atom. The van der Waals surface area contributed by atoms with E-state index in [4.69, 9.17) is 14.4 Å². The number of aromatic nitrogens is 5. The Morgan fingerprint density at radius 2 is 1.32 bits per heavy atom. The molecule has 6 heteroatoms. The molecule has 188 valence electrons. The van der Waals surface area contributed by atoms with Crippen LogP contribution in [0.15, 0.2) is 132 Å². The fourth-order valence-electron chi connectivity index (χ4n) is 5.38. The number of pyridine rings is 3. The highest BCUT2D eigenvalue weighted by molar-refractivity contribution is 6.19. The first-order valence-electron chi connectivity index (χ1n) is 13.0. The molecule has 0 aliphatic carbocycles. The Labute approximate surface area is 229 Å². The van der Waals surface area contributed by atoms with Crippen LogP contribution >= 0.6 is 0 Å². The first kappa shape index (κ1) is 22.4. The van der Waals surface area contributed by atoms with E-state index in [0.29, 0.717) is 5.89 Å². The summed E-state index contributed by atoms with van der Waals surface area (Å²) in [6, 6.07) is 34.7. The third kappa shape index (κ3) is 3.58. The van der Waals surface area contributed by atoms with E-state index in [1.807, 2.05) is 67.0 Å². The second kappa shape index (κ2) is 8.99.